The summed E-state index contributed by atoms with van der Waals surface area (Å²) in [5.74, 6) is -2.25. The molecule has 2 aliphatic rings. The van der Waals surface area contributed by atoms with Gasteiger partial charge in [0.15, 0.2) is 10.8 Å². The fraction of sp³-hybridized carbons (Fsp3) is 0.429. The molecule has 14 heteroatoms. The molecule has 1 saturated heterocycles. The van der Waals surface area contributed by atoms with Gasteiger partial charge < -0.3 is 25.4 Å². The molecule has 2 aliphatic heterocycles. The van der Waals surface area contributed by atoms with Crippen LogP contribution in [0.2, 0.25) is 0 Å². The number of carbonyl (C=O) groups is 4. The van der Waals surface area contributed by atoms with Crippen LogP contribution in [0.15, 0.2) is 34.5 Å². The van der Waals surface area contributed by atoms with Crippen molar-refractivity contribution >= 4 is 57.7 Å². The second kappa shape index (κ2) is 10.5. The third-order valence-electron chi connectivity index (χ3n) is 4.88. The summed E-state index contributed by atoms with van der Waals surface area (Å²) in [5.41, 5.74) is 5.40. The van der Waals surface area contributed by atoms with E-state index in [0.29, 0.717) is 11.3 Å². The smallest absolute Gasteiger partial charge is 0.358 e. The molecule has 0 radical (unpaired) electrons. The van der Waals surface area contributed by atoms with Crippen molar-refractivity contribution in [2.24, 2.45) is 10.6 Å². The number of nitrogens with two attached hydrogens (primary N) is 1. The number of nitrogens with one attached hydrogen (secondary N) is 1. The van der Waals surface area contributed by atoms with Gasteiger partial charge in [-0.15, -0.1) is 23.1 Å². The van der Waals surface area contributed by atoms with Crippen LogP contribution in [0.4, 0.5) is 5.13 Å². The van der Waals surface area contributed by atoms with Gasteiger partial charge in [0.1, 0.15) is 29.9 Å². The molecule has 1 aromatic heterocycles. The lowest BCUT2D eigenvalue weighted by Gasteiger charge is -2.49. The molecule has 188 valence electrons. The molecule has 3 heterocycles. The van der Waals surface area contributed by atoms with Crippen molar-refractivity contribution in [2.75, 3.05) is 25.4 Å². The first-order valence-corrected chi connectivity index (χ1v) is 12.2. The summed E-state index contributed by atoms with van der Waals surface area (Å²) in [7, 11) is 1.27. The Morgan fingerprint density at radius 2 is 2.09 bits per heavy atom. The summed E-state index contributed by atoms with van der Waals surface area (Å²) >= 11 is 2.46. The Bertz CT molecular complexity index is 1120. The highest BCUT2D eigenvalue weighted by Gasteiger charge is 2.54. The van der Waals surface area contributed by atoms with Gasteiger partial charge in [0.2, 0.25) is 6.79 Å². The van der Waals surface area contributed by atoms with E-state index in [1.807, 2.05) is 0 Å². The highest BCUT2D eigenvalue weighted by atomic mass is 32.2. The molecule has 0 aliphatic carbocycles. The number of hydrogen-bond donors (Lipinski definition) is 2. The second-order valence-corrected chi connectivity index (χ2v) is 10.4. The number of allylic oxidation sites excluding steroid dienone is 1. The van der Waals surface area contributed by atoms with E-state index in [2.05, 4.69) is 22.0 Å². The van der Waals surface area contributed by atoms with Crippen LogP contribution in [0.1, 0.15) is 26.5 Å². The molecule has 1 fully saturated rings. The van der Waals surface area contributed by atoms with Crippen LogP contribution in [0.5, 0.6) is 0 Å². The van der Waals surface area contributed by atoms with Gasteiger partial charge in [-0.2, -0.15) is 0 Å². The van der Waals surface area contributed by atoms with Crippen molar-refractivity contribution < 1.29 is 33.5 Å². The fourth-order valence-corrected chi connectivity index (χ4v) is 5.00. The van der Waals surface area contributed by atoms with Gasteiger partial charge in [0.05, 0.1) is 5.41 Å². The number of thiazole rings is 1. The number of oxime groups is 1. The zero-order valence-electron chi connectivity index (χ0n) is 19.5. The predicted molar refractivity (Wildman–Crippen MR) is 129 cm³/mol. The number of amides is 2. The molecule has 0 spiro atoms. The molecule has 12 nitrogen and oxygen atoms in total. The Balaban J connectivity index is 1.71. The molecule has 0 saturated carbocycles. The zero-order valence-corrected chi connectivity index (χ0v) is 21.2. The van der Waals surface area contributed by atoms with E-state index >= 15 is 0 Å². The number of fused-ring (bicyclic) bond motifs is 1. The minimum Gasteiger partial charge on any atom is -0.427 e. The molecular weight excluding hydrogens is 498 g/mol. The van der Waals surface area contributed by atoms with Gasteiger partial charge in [-0.3, -0.25) is 19.3 Å². The quantitative estimate of drug-likeness (QED) is 0.165. The molecule has 3 N–H and O–H groups in total. The number of aromatic nitrogens is 1. The number of esters is 2. The summed E-state index contributed by atoms with van der Waals surface area (Å²) in [5, 5.41) is 7.53. The maximum absolute atomic E-state index is 13.0. The Morgan fingerprint density at radius 3 is 2.66 bits per heavy atom. The fourth-order valence-electron chi connectivity index (χ4n) is 3.11. The first-order chi connectivity index (χ1) is 16.5. The average molecular weight is 524 g/mol. The number of anilines is 1. The van der Waals surface area contributed by atoms with Gasteiger partial charge in [-0.25, -0.2) is 9.78 Å². The molecule has 2 amide bonds. The second-order valence-electron chi connectivity index (χ2n) is 8.36. The first-order valence-electron chi connectivity index (χ1n) is 10.3. The Labute approximate surface area is 209 Å². The van der Waals surface area contributed by atoms with E-state index < -0.39 is 47.4 Å². The minimum absolute atomic E-state index is 0.0101. The monoisotopic (exact) mass is 523 g/mol. The molecule has 35 heavy (non-hydrogen) atoms. The Hall–Kier alpha value is -3.39. The molecule has 1 aromatic rings. The van der Waals surface area contributed by atoms with Crippen molar-refractivity contribution in [3.05, 3.63) is 35.0 Å². The van der Waals surface area contributed by atoms with E-state index in [1.54, 1.807) is 20.8 Å². The number of ether oxygens (including phenoxy) is 2. The minimum atomic E-state index is -0.932. The van der Waals surface area contributed by atoms with Crippen molar-refractivity contribution in [3.63, 3.8) is 0 Å². The van der Waals surface area contributed by atoms with Crippen LogP contribution in [-0.4, -0.2) is 70.4 Å². The van der Waals surface area contributed by atoms with E-state index in [9.17, 15) is 19.2 Å². The number of hydrogen-bond acceptors (Lipinski definition) is 12. The van der Waals surface area contributed by atoms with Crippen molar-refractivity contribution in [2.45, 2.75) is 32.2 Å². The predicted octanol–water partition coefficient (Wildman–Crippen LogP) is 1.01. The standard InChI is InChI=1S/C21H25N5O7S2/c1-6-10-7-34-17-13(24-15(27)12(25-31-5)11-8-35-20(22)23-11)16(28)26(17)14(10)18(29)32-9-33-19(30)21(2,3)4/h6,8,13,17H,1,7,9H2,2-5H3,(H2,22,23)(H,24,27)/t13?,17-/m1/s1. The Morgan fingerprint density at radius 1 is 1.37 bits per heavy atom. The normalized spacial score (nSPS) is 19.9. The molecule has 3 rings (SSSR count). The summed E-state index contributed by atoms with van der Waals surface area (Å²) in [6, 6.07) is -0.932. The number of β-lactam (4-membered cyclic amide) rings is 1. The van der Waals surface area contributed by atoms with Gasteiger partial charge >= 0.3 is 11.9 Å². The van der Waals surface area contributed by atoms with Crippen LogP contribution in [0.25, 0.3) is 0 Å². The number of carbonyl (C=O) groups excluding carboxylic acids is 4. The molecule has 0 bridgehead atoms. The summed E-state index contributed by atoms with van der Waals surface area (Å²) in [4.78, 5) is 60.5. The highest BCUT2D eigenvalue weighted by molar-refractivity contribution is 8.00. The summed E-state index contributed by atoms with van der Waals surface area (Å²) in [6.45, 7) is 8.09. The van der Waals surface area contributed by atoms with Crippen LogP contribution in [0.3, 0.4) is 0 Å². The third-order valence-corrected chi connectivity index (χ3v) is 6.85. The van der Waals surface area contributed by atoms with Crippen LogP contribution >= 0.6 is 23.1 Å². The third kappa shape index (κ3) is 5.48. The topological polar surface area (TPSA) is 163 Å². The van der Waals surface area contributed by atoms with Gasteiger partial charge in [-0.1, -0.05) is 17.8 Å². The molecule has 1 unspecified atom stereocenters. The van der Waals surface area contributed by atoms with Crippen molar-refractivity contribution in [1.29, 1.82) is 0 Å². The number of nitrogens with zero attached hydrogens (tertiary/aromatic N) is 3. The van der Waals surface area contributed by atoms with Crippen molar-refractivity contribution in [3.8, 4) is 0 Å². The Kier molecular flexibility index (Phi) is 7.85. The maximum Gasteiger partial charge on any atom is 0.358 e. The summed E-state index contributed by atoms with van der Waals surface area (Å²) < 4.78 is 10.1. The highest BCUT2D eigenvalue weighted by Crippen LogP contribution is 2.41. The molecular formula is C21H25N5O7S2. The summed E-state index contributed by atoms with van der Waals surface area (Å²) in [6.07, 6.45) is 1.45. The van der Waals surface area contributed by atoms with E-state index in [-0.39, 0.29) is 22.2 Å². The van der Waals surface area contributed by atoms with Crippen molar-refractivity contribution in [1.82, 2.24) is 15.2 Å². The van der Waals surface area contributed by atoms with Gasteiger partial charge in [-0.05, 0) is 26.3 Å². The lowest BCUT2D eigenvalue weighted by Crippen LogP contribution is -2.71. The van der Waals surface area contributed by atoms with E-state index in [4.69, 9.17) is 20.0 Å². The van der Waals surface area contributed by atoms with Crippen LogP contribution < -0.4 is 11.1 Å². The molecule has 2 atom stereocenters. The molecule has 0 aromatic carbocycles. The largest absolute Gasteiger partial charge is 0.427 e. The zero-order chi connectivity index (χ0) is 25.9. The van der Waals surface area contributed by atoms with Crippen LogP contribution in [0, 0.1) is 5.41 Å². The van der Waals surface area contributed by atoms with Gasteiger partial charge in [0, 0.05) is 11.1 Å². The number of rotatable bonds is 8. The lowest BCUT2D eigenvalue weighted by atomic mass is 9.98. The first kappa shape index (κ1) is 26.2. The SMILES string of the molecule is C=CC1=C(C(=O)OCOC(=O)C(C)(C)C)N2C(=O)C(NC(=O)C(=NOC)c3csc(N)n3)[C@H]2SC1. The van der Waals surface area contributed by atoms with Gasteiger partial charge in [0.25, 0.3) is 11.8 Å². The average Bonchev–Trinajstić information content (AvgIpc) is 3.24. The number of thioether (sulfide) groups is 1. The van der Waals surface area contributed by atoms with Crippen LogP contribution in [-0.2, 0) is 33.5 Å². The lowest BCUT2D eigenvalue weighted by molar-refractivity contribution is -0.173. The number of nitrogen functional groups attached to an aromatic ring is 1. The maximum atomic E-state index is 13.0. The van der Waals surface area contributed by atoms with E-state index in [0.717, 1.165) is 11.3 Å². The van der Waals surface area contributed by atoms with E-state index in [1.165, 1.54) is 35.2 Å².